The molecule has 10 heteroatoms. The standard InChI is InChI=1S/C21H21F2N3O4S/c1-13-10-16(8-9-25(13)31(29,30)17-5-2-14(22)3-6-17)26-20-11-15(23)4-7-18(20)19(24-26)12-21(27)28/h2-7,11,13,16H,8-10,12H2,1H3,(H,27,28)/t13-,16-/m0/s1. The molecular weight excluding hydrogens is 428 g/mol. The van der Waals surface area contributed by atoms with E-state index in [-0.39, 0.29) is 29.9 Å². The number of sulfonamides is 1. The van der Waals surface area contributed by atoms with Gasteiger partial charge in [-0.1, -0.05) is 0 Å². The molecule has 0 saturated carbocycles. The molecule has 0 unspecified atom stereocenters. The molecule has 2 heterocycles. The van der Waals surface area contributed by atoms with Gasteiger partial charge in [-0.2, -0.15) is 9.40 Å². The zero-order valence-corrected chi connectivity index (χ0v) is 17.5. The number of nitrogens with zero attached hydrogens (tertiary/aromatic N) is 3. The predicted octanol–water partition coefficient (Wildman–Crippen LogP) is 3.36. The van der Waals surface area contributed by atoms with Crippen molar-refractivity contribution in [2.75, 3.05) is 6.54 Å². The molecule has 1 saturated heterocycles. The molecule has 1 fully saturated rings. The first-order valence-electron chi connectivity index (χ1n) is 9.82. The van der Waals surface area contributed by atoms with Crippen molar-refractivity contribution >= 4 is 26.9 Å². The van der Waals surface area contributed by atoms with Crippen LogP contribution in [0.15, 0.2) is 47.4 Å². The summed E-state index contributed by atoms with van der Waals surface area (Å²) in [5.41, 5.74) is 0.833. The number of rotatable bonds is 5. The maximum absolute atomic E-state index is 13.9. The smallest absolute Gasteiger partial charge is 0.309 e. The van der Waals surface area contributed by atoms with E-state index < -0.39 is 27.6 Å². The molecule has 0 spiro atoms. The van der Waals surface area contributed by atoms with E-state index in [4.69, 9.17) is 0 Å². The molecule has 4 rings (SSSR count). The molecule has 1 aliphatic rings. The van der Waals surface area contributed by atoms with Crippen LogP contribution in [0, 0.1) is 11.6 Å². The van der Waals surface area contributed by atoms with Crippen LogP contribution in [-0.2, 0) is 21.2 Å². The highest BCUT2D eigenvalue weighted by Crippen LogP contribution is 2.34. The molecule has 0 radical (unpaired) electrons. The Morgan fingerprint density at radius 2 is 1.84 bits per heavy atom. The molecule has 1 aliphatic heterocycles. The van der Waals surface area contributed by atoms with Crippen LogP contribution in [0.25, 0.3) is 10.9 Å². The topological polar surface area (TPSA) is 92.5 Å². The lowest BCUT2D eigenvalue weighted by Crippen LogP contribution is -2.45. The van der Waals surface area contributed by atoms with Gasteiger partial charge in [0, 0.05) is 18.0 Å². The number of hydrogen-bond donors (Lipinski definition) is 1. The Labute approximate surface area is 177 Å². The monoisotopic (exact) mass is 449 g/mol. The fourth-order valence-electron chi connectivity index (χ4n) is 4.18. The third kappa shape index (κ3) is 4.05. The van der Waals surface area contributed by atoms with Crippen molar-refractivity contribution in [3.63, 3.8) is 0 Å². The normalized spacial score (nSPS) is 20.2. The highest BCUT2D eigenvalue weighted by Gasteiger charge is 2.36. The Morgan fingerprint density at radius 3 is 2.48 bits per heavy atom. The molecule has 0 aliphatic carbocycles. The van der Waals surface area contributed by atoms with Crippen LogP contribution >= 0.6 is 0 Å². The fourth-order valence-corrected chi connectivity index (χ4v) is 5.83. The van der Waals surface area contributed by atoms with E-state index in [9.17, 15) is 27.1 Å². The molecule has 3 aromatic rings. The van der Waals surface area contributed by atoms with Gasteiger partial charge in [-0.25, -0.2) is 17.2 Å². The zero-order chi connectivity index (χ0) is 22.3. The summed E-state index contributed by atoms with van der Waals surface area (Å²) in [5, 5.41) is 14.2. The first-order chi connectivity index (χ1) is 14.7. The lowest BCUT2D eigenvalue weighted by Gasteiger charge is -2.37. The molecular formula is C21H21F2N3O4S. The fraction of sp³-hybridized carbons (Fsp3) is 0.333. The number of piperidine rings is 1. The van der Waals surface area contributed by atoms with E-state index in [1.54, 1.807) is 11.6 Å². The summed E-state index contributed by atoms with van der Waals surface area (Å²) in [6, 6.07) is 8.20. The van der Waals surface area contributed by atoms with E-state index >= 15 is 0 Å². The third-order valence-corrected chi connectivity index (χ3v) is 7.65. The Hall–Kier alpha value is -2.85. The van der Waals surface area contributed by atoms with Gasteiger partial charge in [-0.15, -0.1) is 0 Å². The first kappa shape index (κ1) is 21.4. The van der Waals surface area contributed by atoms with E-state index in [2.05, 4.69) is 5.10 Å². The maximum atomic E-state index is 13.9. The van der Waals surface area contributed by atoms with Crippen LogP contribution in [0.3, 0.4) is 0 Å². The van der Waals surface area contributed by atoms with Gasteiger partial charge in [-0.3, -0.25) is 9.48 Å². The number of carbonyl (C=O) groups is 1. The average Bonchev–Trinajstić information content (AvgIpc) is 3.04. The summed E-state index contributed by atoms with van der Waals surface area (Å²) < 4.78 is 56.1. The second-order valence-corrected chi connectivity index (χ2v) is 9.61. The molecule has 2 atom stereocenters. The Balaban J connectivity index is 1.63. The van der Waals surface area contributed by atoms with Crippen LogP contribution in [0.4, 0.5) is 8.78 Å². The number of halogens is 2. The molecule has 0 bridgehead atoms. The molecule has 7 nitrogen and oxygen atoms in total. The first-order valence-corrected chi connectivity index (χ1v) is 11.3. The number of carboxylic acids is 1. The molecule has 1 aromatic heterocycles. The summed E-state index contributed by atoms with van der Waals surface area (Å²) in [5.74, 6) is -2.01. The van der Waals surface area contributed by atoms with Crippen molar-refractivity contribution in [3.05, 3.63) is 59.8 Å². The Kier molecular flexibility index (Phi) is 5.52. The summed E-state index contributed by atoms with van der Waals surface area (Å²) in [4.78, 5) is 11.2. The number of fused-ring (bicyclic) bond motifs is 1. The van der Waals surface area contributed by atoms with Crippen molar-refractivity contribution in [1.82, 2.24) is 14.1 Å². The van der Waals surface area contributed by atoms with Crippen molar-refractivity contribution in [2.45, 2.75) is 43.2 Å². The van der Waals surface area contributed by atoms with Crippen molar-refractivity contribution < 1.29 is 27.1 Å². The summed E-state index contributed by atoms with van der Waals surface area (Å²) >= 11 is 0. The highest BCUT2D eigenvalue weighted by molar-refractivity contribution is 7.89. The van der Waals surface area contributed by atoms with Crippen LogP contribution in [-0.4, -0.2) is 46.2 Å². The molecule has 2 aromatic carbocycles. The number of hydrogen-bond acceptors (Lipinski definition) is 4. The van der Waals surface area contributed by atoms with Crippen molar-refractivity contribution in [1.29, 1.82) is 0 Å². The van der Waals surface area contributed by atoms with Gasteiger partial charge < -0.3 is 5.11 Å². The number of carboxylic acid groups (broad SMARTS) is 1. The maximum Gasteiger partial charge on any atom is 0.309 e. The highest BCUT2D eigenvalue weighted by atomic mass is 32.2. The molecule has 0 amide bonds. The zero-order valence-electron chi connectivity index (χ0n) is 16.7. The van der Waals surface area contributed by atoms with Crippen LogP contribution < -0.4 is 0 Å². The molecule has 1 N–H and O–H groups in total. The SMILES string of the molecule is C[C@H]1C[C@@H](n2nc(CC(=O)O)c3ccc(F)cc32)CCN1S(=O)(=O)c1ccc(F)cc1. The predicted molar refractivity (Wildman–Crippen MR) is 109 cm³/mol. The van der Waals surface area contributed by atoms with Crippen LogP contribution in [0.2, 0.25) is 0 Å². The van der Waals surface area contributed by atoms with Crippen LogP contribution in [0.1, 0.15) is 31.5 Å². The second kappa shape index (κ2) is 8.01. The number of aromatic nitrogens is 2. The Morgan fingerprint density at radius 1 is 1.16 bits per heavy atom. The lowest BCUT2D eigenvalue weighted by atomic mass is 10.0. The quantitative estimate of drug-likeness (QED) is 0.645. The van der Waals surface area contributed by atoms with Crippen molar-refractivity contribution in [2.24, 2.45) is 0 Å². The van der Waals surface area contributed by atoms with Gasteiger partial charge in [-0.05, 0) is 62.2 Å². The van der Waals surface area contributed by atoms with E-state index in [1.165, 1.54) is 34.6 Å². The number of benzene rings is 2. The van der Waals surface area contributed by atoms with Gasteiger partial charge in [0.1, 0.15) is 11.6 Å². The van der Waals surface area contributed by atoms with Crippen LogP contribution in [0.5, 0.6) is 0 Å². The van der Waals surface area contributed by atoms with E-state index in [0.717, 1.165) is 12.1 Å². The van der Waals surface area contributed by atoms with E-state index in [1.807, 2.05) is 0 Å². The van der Waals surface area contributed by atoms with Crippen molar-refractivity contribution in [3.8, 4) is 0 Å². The average molecular weight is 449 g/mol. The van der Waals surface area contributed by atoms with Gasteiger partial charge in [0.05, 0.1) is 28.6 Å². The minimum Gasteiger partial charge on any atom is -0.481 e. The van der Waals surface area contributed by atoms with Gasteiger partial charge >= 0.3 is 5.97 Å². The summed E-state index contributed by atoms with van der Waals surface area (Å²) in [7, 11) is -3.79. The molecule has 31 heavy (non-hydrogen) atoms. The minimum absolute atomic E-state index is 0.0227. The summed E-state index contributed by atoms with van der Waals surface area (Å²) in [6.07, 6.45) is 0.549. The van der Waals surface area contributed by atoms with Gasteiger partial charge in [0.2, 0.25) is 10.0 Å². The number of aliphatic carboxylic acids is 1. The summed E-state index contributed by atoms with van der Waals surface area (Å²) in [6.45, 7) is 1.98. The largest absolute Gasteiger partial charge is 0.481 e. The lowest BCUT2D eigenvalue weighted by molar-refractivity contribution is -0.136. The molecule has 164 valence electrons. The second-order valence-electron chi connectivity index (χ2n) is 7.72. The van der Waals surface area contributed by atoms with Gasteiger partial charge in [0.15, 0.2) is 0 Å². The minimum atomic E-state index is -3.79. The van der Waals surface area contributed by atoms with Gasteiger partial charge in [0.25, 0.3) is 0 Å². The third-order valence-electron chi connectivity index (χ3n) is 5.62. The van der Waals surface area contributed by atoms with E-state index in [0.29, 0.717) is 29.4 Å². The Bertz CT molecular complexity index is 1240.